The molecule has 1 aromatic rings. The van der Waals surface area contributed by atoms with Crippen molar-refractivity contribution in [1.29, 1.82) is 0 Å². The van der Waals surface area contributed by atoms with Gasteiger partial charge in [0.25, 0.3) is 0 Å². The summed E-state index contributed by atoms with van der Waals surface area (Å²) in [5.74, 6) is 0. The fourth-order valence-corrected chi connectivity index (χ4v) is 1.61. The van der Waals surface area contributed by atoms with Crippen molar-refractivity contribution in [2.45, 2.75) is 18.6 Å². The highest BCUT2D eigenvalue weighted by Gasteiger charge is 2.27. The Balaban J connectivity index is 2.52. The van der Waals surface area contributed by atoms with Gasteiger partial charge >= 0.3 is 0 Å². The van der Waals surface area contributed by atoms with Crippen LogP contribution in [0.3, 0.4) is 0 Å². The normalized spacial score (nSPS) is 28.5. The van der Waals surface area contributed by atoms with Gasteiger partial charge in [0.2, 0.25) is 0 Å². The van der Waals surface area contributed by atoms with Gasteiger partial charge in [0.15, 0.2) is 0 Å². The molecule has 0 bridgehead atoms. The molecule has 0 amide bonds. The highest BCUT2D eigenvalue weighted by Crippen LogP contribution is 2.39. The summed E-state index contributed by atoms with van der Waals surface area (Å²) in [6.07, 6.45) is -0.402. The molecule has 0 spiro atoms. The third kappa shape index (κ3) is 0.942. The summed E-state index contributed by atoms with van der Waals surface area (Å²) in [6, 6.07) is 7.37. The van der Waals surface area contributed by atoms with Crippen LogP contribution in [-0.4, -0.2) is 0 Å². The van der Waals surface area contributed by atoms with Crippen molar-refractivity contribution in [2.24, 2.45) is 5.73 Å². The van der Waals surface area contributed by atoms with Crippen molar-refractivity contribution in [3.8, 4) is 0 Å². The molecule has 2 atom stereocenters. The van der Waals surface area contributed by atoms with E-state index in [0.717, 1.165) is 11.1 Å². The highest BCUT2D eigenvalue weighted by molar-refractivity contribution is 5.36. The first-order valence-corrected chi connectivity index (χ1v) is 3.77. The summed E-state index contributed by atoms with van der Waals surface area (Å²) in [7, 11) is 0. The lowest BCUT2D eigenvalue weighted by molar-refractivity contribution is 0.330. The van der Waals surface area contributed by atoms with Gasteiger partial charge < -0.3 is 5.73 Å². The van der Waals surface area contributed by atoms with E-state index in [0.29, 0.717) is 6.42 Å². The average molecular weight is 151 g/mol. The van der Waals surface area contributed by atoms with Gasteiger partial charge in [-0.3, -0.25) is 0 Å². The van der Waals surface area contributed by atoms with Gasteiger partial charge in [0, 0.05) is 12.5 Å². The Kier molecular flexibility index (Phi) is 1.43. The summed E-state index contributed by atoms with van der Waals surface area (Å²) in [5.41, 5.74) is 7.45. The third-order valence-corrected chi connectivity index (χ3v) is 2.19. The Bertz CT molecular complexity index is 245. The Morgan fingerprint density at radius 2 is 1.91 bits per heavy atom. The number of hydrogen-bond acceptors (Lipinski definition) is 1. The molecule has 2 heteroatoms. The molecular weight excluding hydrogens is 141 g/mol. The van der Waals surface area contributed by atoms with Gasteiger partial charge in [-0.25, -0.2) is 4.39 Å². The molecule has 2 N–H and O–H groups in total. The van der Waals surface area contributed by atoms with Crippen LogP contribution in [0.1, 0.15) is 29.8 Å². The molecule has 0 radical (unpaired) electrons. The van der Waals surface area contributed by atoms with Crippen LogP contribution in [0.4, 0.5) is 4.39 Å². The number of benzene rings is 1. The third-order valence-electron chi connectivity index (χ3n) is 2.19. The van der Waals surface area contributed by atoms with Gasteiger partial charge in [0.05, 0.1) is 0 Å². The predicted molar refractivity (Wildman–Crippen MR) is 41.8 cm³/mol. The minimum Gasteiger partial charge on any atom is -0.324 e. The molecule has 1 nitrogen and oxygen atoms in total. The zero-order valence-corrected chi connectivity index (χ0v) is 6.13. The second-order valence-corrected chi connectivity index (χ2v) is 2.94. The molecule has 58 valence electrons. The minimum atomic E-state index is -0.846. The Morgan fingerprint density at radius 1 is 1.27 bits per heavy atom. The minimum absolute atomic E-state index is 0.0961. The van der Waals surface area contributed by atoms with E-state index < -0.39 is 6.17 Å². The molecule has 1 aromatic carbocycles. The van der Waals surface area contributed by atoms with Crippen LogP contribution in [0.2, 0.25) is 0 Å². The van der Waals surface area contributed by atoms with Crippen molar-refractivity contribution >= 4 is 0 Å². The fourth-order valence-electron chi connectivity index (χ4n) is 1.61. The molecular formula is C9H10FN. The van der Waals surface area contributed by atoms with Crippen LogP contribution >= 0.6 is 0 Å². The number of nitrogens with two attached hydrogens (primary N) is 1. The van der Waals surface area contributed by atoms with E-state index in [9.17, 15) is 4.39 Å². The van der Waals surface area contributed by atoms with Crippen molar-refractivity contribution in [3.05, 3.63) is 35.4 Å². The summed E-state index contributed by atoms with van der Waals surface area (Å²) in [4.78, 5) is 0. The van der Waals surface area contributed by atoms with Crippen LogP contribution in [0, 0.1) is 0 Å². The molecule has 11 heavy (non-hydrogen) atoms. The van der Waals surface area contributed by atoms with Gasteiger partial charge in [-0.15, -0.1) is 0 Å². The van der Waals surface area contributed by atoms with Crippen molar-refractivity contribution in [1.82, 2.24) is 0 Å². The predicted octanol–water partition coefficient (Wildman–Crippen LogP) is 2.10. The molecule has 0 aromatic heterocycles. The molecule has 0 aliphatic heterocycles. The van der Waals surface area contributed by atoms with Gasteiger partial charge in [-0.05, 0) is 11.1 Å². The molecule has 0 unspecified atom stereocenters. The fraction of sp³-hybridized carbons (Fsp3) is 0.333. The lowest BCUT2D eigenvalue weighted by Gasteiger charge is -2.01. The van der Waals surface area contributed by atoms with Crippen LogP contribution in [-0.2, 0) is 0 Å². The van der Waals surface area contributed by atoms with Gasteiger partial charge in [-0.2, -0.15) is 0 Å². The SMILES string of the molecule is N[C@@H]1C[C@H](F)c2ccccc21. The van der Waals surface area contributed by atoms with Crippen molar-refractivity contribution < 1.29 is 4.39 Å². The molecule has 0 saturated carbocycles. The monoisotopic (exact) mass is 151 g/mol. The van der Waals surface area contributed by atoms with E-state index in [1.807, 2.05) is 24.3 Å². The molecule has 2 rings (SSSR count). The first-order valence-electron chi connectivity index (χ1n) is 3.77. The molecule has 0 fully saturated rings. The topological polar surface area (TPSA) is 26.0 Å². The maximum atomic E-state index is 13.1. The van der Waals surface area contributed by atoms with Gasteiger partial charge in [0.1, 0.15) is 6.17 Å². The lowest BCUT2D eigenvalue weighted by atomic mass is 10.1. The first kappa shape index (κ1) is 6.80. The summed E-state index contributed by atoms with van der Waals surface area (Å²) in [6.45, 7) is 0. The van der Waals surface area contributed by atoms with Gasteiger partial charge in [-0.1, -0.05) is 24.3 Å². The lowest BCUT2D eigenvalue weighted by Crippen LogP contribution is -2.04. The van der Waals surface area contributed by atoms with Crippen LogP contribution in [0.25, 0.3) is 0 Å². The Morgan fingerprint density at radius 3 is 2.55 bits per heavy atom. The quantitative estimate of drug-likeness (QED) is 0.603. The molecule has 1 aliphatic rings. The Labute approximate surface area is 65.0 Å². The second kappa shape index (κ2) is 2.31. The summed E-state index contributed by atoms with van der Waals surface area (Å²) < 4.78 is 13.1. The summed E-state index contributed by atoms with van der Waals surface area (Å²) in [5, 5.41) is 0. The standard InChI is InChI=1S/C9H10FN/c10-8-5-9(11)7-4-2-1-3-6(7)8/h1-4,8-9H,5,11H2/t8-,9+/m0/s1. The van der Waals surface area contributed by atoms with E-state index in [4.69, 9.17) is 5.73 Å². The maximum absolute atomic E-state index is 13.1. The van der Waals surface area contributed by atoms with Crippen LogP contribution in [0.5, 0.6) is 0 Å². The van der Waals surface area contributed by atoms with Crippen LogP contribution < -0.4 is 5.73 Å². The van der Waals surface area contributed by atoms with Crippen LogP contribution in [0.15, 0.2) is 24.3 Å². The number of rotatable bonds is 0. The molecule has 0 heterocycles. The number of halogens is 1. The first-order chi connectivity index (χ1) is 5.29. The van der Waals surface area contributed by atoms with Crippen molar-refractivity contribution in [3.63, 3.8) is 0 Å². The van der Waals surface area contributed by atoms with Crippen molar-refractivity contribution in [2.75, 3.05) is 0 Å². The average Bonchev–Trinajstić information content (AvgIpc) is 2.30. The second-order valence-electron chi connectivity index (χ2n) is 2.94. The van der Waals surface area contributed by atoms with E-state index in [-0.39, 0.29) is 6.04 Å². The molecule has 1 aliphatic carbocycles. The number of alkyl halides is 1. The van der Waals surface area contributed by atoms with E-state index >= 15 is 0 Å². The highest BCUT2D eigenvalue weighted by atomic mass is 19.1. The smallest absolute Gasteiger partial charge is 0.127 e. The number of hydrogen-bond donors (Lipinski definition) is 1. The zero-order chi connectivity index (χ0) is 7.84. The maximum Gasteiger partial charge on any atom is 0.127 e. The van der Waals surface area contributed by atoms with E-state index in [1.54, 1.807) is 0 Å². The van der Waals surface area contributed by atoms with E-state index in [1.165, 1.54) is 0 Å². The number of fused-ring (bicyclic) bond motifs is 1. The Hall–Kier alpha value is -0.890. The zero-order valence-electron chi connectivity index (χ0n) is 6.13. The molecule has 0 saturated heterocycles. The summed E-state index contributed by atoms with van der Waals surface area (Å²) >= 11 is 0. The largest absolute Gasteiger partial charge is 0.324 e. The van der Waals surface area contributed by atoms with E-state index in [2.05, 4.69) is 0 Å².